The van der Waals surface area contributed by atoms with Crippen LogP contribution in [0.3, 0.4) is 0 Å². The normalized spacial score (nSPS) is 16.0. The third-order valence-electron chi connectivity index (χ3n) is 3.28. The molecular weight excluding hydrogens is 216 g/mol. The van der Waals surface area contributed by atoms with Gasteiger partial charge in [-0.15, -0.1) is 0 Å². The van der Waals surface area contributed by atoms with E-state index in [4.69, 9.17) is 9.47 Å². The fraction of sp³-hybridized carbons (Fsp3) is 0.571. The minimum absolute atomic E-state index is 0.228. The summed E-state index contributed by atoms with van der Waals surface area (Å²) < 4.78 is 11.0. The molecular formula is C14H20O3. The summed E-state index contributed by atoms with van der Waals surface area (Å²) in [5, 5.41) is 9.34. The summed E-state index contributed by atoms with van der Waals surface area (Å²) in [5.74, 6) is 2.44. The number of hydrogen-bond acceptors (Lipinski definition) is 3. The van der Waals surface area contributed by atoms with Crippen molar-refractivity contribution in [3.8, 4) is 11.5 Å². The number of fused-ring (bicyclic) bond motifs is 1. The lowest BCUT2D eigenvalue weighted by Crippen LogP contribution is -2.18. The summed E-state index contributed by atoms with van der Waals surface area (Å²) >= 11 is 0. The smallest absolute Gasteiger partial charge is 0.161 e. The topological polar surface area (TPSA) is 38.7 Å². The molecule has 2 rings (SSSR count). The van der Waals surface area contributed by atoms with Gasteiger partial charge < -0.3 is 14.6 Å². The highest BCUT2D eigenvalue weighted by Gasteiger charge is 2.16. The molecule has 1 atom stereocenters. The molecule has 1 aliphatic heterocycles. The van der Waals surface area contributed by atoms with E-state index in [0.29, 0.717) is 25.0 Å². The summed E-state index contributed by atoms with van der Waals surface area (Å²) in [5.41, 5.74) is 1.20. The Bertz CT molecular complexity index is 374. The minimum Gasteiger partial charge on any atom is -0.486 e. The molecule has 0 radical (unpaired) electrons. The standard InChI is InChI=1S/C14H20O3/c1-10(2)12(9-15)7-11-3-4-13-14(8-11)17-6-5-16-13/h3-4,8,10,12,15H,5-7,9H2,1-2H3. The van der Waals surface area contributed by atoms with Gasteiger partial charge in [0.1, 0.15) is 13.2 Å². The Morgan fingerprint density at radius 3 is 2.53 bits per heavy atom. The molecule has 0 bridgehead atoms. The second kappa shape index (κ2) is 5.41. The van der Waals surface area contributed by atoms with Crippen LogP contribution in [0.25, 0.3) is 0 Å². The molecule has 1 aliphatic rings. The molecule has 0 amide bonds. The molecule has 94 valence electrons. The van der Waals surface area contributed by atoms with Crippen LogP contribution in [0.2, 0.25) is 0 Å². The third kappa shape index (κ3) is 2.91. The third-order valence-corrected chi connectivity index (χ3v) is 3.28. The number of benzene rings is 1. The van der Waals surface area contributed by atoms with Crippen LogP contribution in [-0.2, 0) is 6.42 Å². The molecule has 0 saturated heterocycles. The van der Waals surface area contributed by atoms with Gasteiger partial charge in [-0.05, 0) is 36.0 Å². The first-order chi connectivity index (χ1) is 8.20. The van der Waals surface area contributed by atoms with E-state index in [1.54, 1.807) is 0 Å². The maximum absolute atomic E-state index is 9.34. The second-order valence-corrected chi connectivity index (χ2v) is 4.87. The van der Waals surface area contributed by atoms with Gasteiger partial charge in [0.25, 0.3) is 0 Å². The van der Waals surface area contributed by atoms with Crippen molar-refractivity contribution in [3.05, 3.63) is 23.8 Å². The highest BCUT2D eigenvalue weighted by molar-refractivity contribution is 5.43. The minimum atomic E-state index is 0.228. The van der Waals surface area contributed by atoms with Gasteiger partial charge in [0.15, 0.2) is 11.5 Å². The molecule has 0 fully saturated rings. The van der Waals surface area contributed by atoms with Crippen LogP contribution < -0.4 is 9.47 Å². The van der Waals surface area contributed by atoms with Gasteiger partial charge in [-0.2, -0.15) is 0 Å². The van der Waals surface area contributed by atoms with Crippen LogP contribution in [0.4, 0.5) is 0 Å². The van der Waals surface area contributed by atoms with E-state index in [1.807, 2.05) is 12.1 Å². The Hall–Kier alpha value is -1.22. The SMILES string of the molecule is CC(C)C(CO)Cc1ccc2c(c1)OCCO2. The molecule has 3 heteroatoms. The van der Waals surface area contributed by atoms with Crippen molar-refractivity contribution in [3.63, 3.8) is 0 Å². The first-order valence-electron chi connectivity index (χ1n) is 6.20. The number of ether oxygens (including phenoxy) is 2. The lowest BCUT2D eigenvalue weighted by atomic mass is 9.90. The zero-order valence-corrected chi connectivity index (χ0v) is 10.5. The van der Waals surface area contributed by atoms with Crippen LogP contribution in [0.5, 0.6) is 11.5 Å². The van der Waals surface area contributed by atoms with Gasteiger partial charge in [0.2, 0.25) is 0 Å². The van der Waals surface area contributed by atoms with Crippen LogP contribution in [0.1, 0.15) is 19.4 Å². The van der Waals surface area contributed by atoms with Gasteiger partial charge in [0, 0.05) is 6.61 Å². The van der Waals surface area contributed by atoms with Gasteiger partial charge >= 0.3 is 0 Å². The second-order valence-electron chi connectivity index (χ2n) is 4.87. The largest absolute Gasteiger partial charge is 0.486 e. The number of rotatable bonds is 4. The first kappa shape index (κ1) is 12.2. The Balaban J connectivity index is 2.11. The van der Waals surface area contributed by atoms with E-state index in [9.17, 15) is 5.11 Å². The highest BCUT2D eigenvalue weighted by Crippen LogP contribution is 2.31. The van der Waals surface area contributed by atoms with E-state index >= 15 is 0 Å². The van der Waals surface area contributed by atoms with E-state index in [-0.39, 0.29) is 6.61 Å². The molecule has 1 N–H and O–H groups in total. The number of aliphatic hydroxyl groups excluding tert-OH is 1. The molecule has 3 nitrogen and oxygen atoms in total. The molecule has 0 aromatic heterocycles. The van der Waals surface area contributed by atoms with Crippen LogP contribution in [0, 0.1) is 11.8 Å². The lowest BCUT2D eigenvalue weighted by molar-refractivity contribution is 0.170. The molecule has 1 unspecified atom stereocenters. The molecule has 0 saturated carbocycles. The van der Waals surface area contributed by atoms with E-state index in [1.165, 1.54) is 5.56 Å². The summed E-state index contributed by atoms with van der Waals surface area (Å²) in [6, 6.07) is 6.04. The van der Waals surface area contributed by atoms with E-state index < -0.39 is 0 Å². The quantitative estimate of drug-likeness (QED) is 0.871. The van der Waals surface area contributed by atoms with Crippen molar-refractivity contribution in [2.45, 2.75) is 20.3 Å². The highest BCUT2D eigenvalue weighted by atomic mass is 16.6. The van der Waals surface area contributed by atoms with Crippen molar-refractivity contribution in [1.82, 2.24) is 0 Å². The van der Waals surface area contributed by atoms with Crippen LogP contribution >= 0.6 is 0 Å². The molecule has 1 heterocycles. The lowest BCUT2D eigenvalue weighted by Gasteiger charge is -2.21. The van der Waals surface area contributed by atoms with Crippen molar-refractivity contribution >= 4 is 0 Å². The first-order valence-corrected chi connectivity index (χ1v) is 6.20. The number of aliphatic hydroxyl groups is 1. The number of hydrogen-bond donors (Lipinski definition) is 1. The Kier molecular flexibility index (Phi) is 3.89. The summed E-state index contributed by atoms with van der Waals surface area (Å²) in [4.78, 5) is 0. The van der Waals surface area contributed by atoms with Crippen molar-refractivity contribution in [2.24, 2.45) is 11.8 Å². The fourth-order valence-corrected chi connectivity index (χ4v) is 2.03. The summed E-state index contributed by atoms with van der Waals surface area (Å²) in [7, 11) is 0. The maximum Gasteiger partial charge on any atom is 0.161 e. The van der Waals surface area contributed by atoms with E-state index in [0.717, 1.165) is 17.9 Å². The summed E-state index contributed by atoms with van der Waals surface area (Å²) in [6.45, 7) is 5.74. The zero-order chi connectivity index (χ0) is 12.3. The summed E-state index contributed by atoms with van der Waals surface area (Å²) in [6.07, 6.45) is 0.880. The molecule has 0 spiro atoms. The average Bonchev–Trinajstić information content (AvgIpc) is 2.35. The van der Waals surface area contributed by atoms with Gasteiger partial charge in [-0.1, -0.05) is 19.9 Å². The van der Waals surface area contributed by atoms with Crippen LogP contribution in [0.15, 0.2) is 18.2 Å². The van der Waals surface area contributed by atoms with E-state index in [2.05, 4.69) is 19.9 Å². The fourth-order valence-electron chi connectivity index (χ4n) is 2.03. The van der Waals surface area contributed by atoms with Gasteiger partial charge in [0.05, 0.1) is 0 Å². The maximum atomic E-state index is 9.34. The van der Waals surface area contributed by atoms with Crippen molar-refractivity contribution in [2.75, 3.05) is 19.8 Å². The molecule has 17 heavy (non-hydrogen) atoms. The molecule has 0 aliphatic carbocycles. The Morgan fingerprint density at radius 2 is 1.88 bits per heavy atom. The van der Waals surface area contributed by atoms with Crippen LogP contribution in [-0.4, -0.2) is 24.9 Å². The predicted octanol–water partition coefficient (Wildman–Crippen LogP) is 2.26. The zero-order valence-electron chi connectivity index (χ0n) is 10.5. The predicted molar refractivity (Wildman–Crippen MR) is 66.5 cm³/mol. The van der Waals surface area contributed by atoms with Gasteiger partial charge in [-0.25, -0.2) is 0 Å². The van der Waals surface area contributed by atoms with Crippen molar-refractivity contribution < 1.29 is 14.6 Å². The monoisotopic (exact) mass is 236 g/mol. The molecule has 1 aromatic rings. The average molecular weight is 236 g/mol. The van der Waals surface area contributed by atoms with Crippen molar-refractivity contribution in [1.29, 1.82) is 0 Å². The Morgan fingerprint density at radius 1 is 1.18 bits per heavy atom. The van der Waals surface area contributed by atoms with Gasteiger partial charge in [-0.3, -0.25) is 0 Å². The Labute approximate surface area is 102 Å². The molecule has 1 aromatic carbocycles.